The van der Waals surface area contributed by atoms with Crippen molar-refractivity contribution in [2.45, 2.75) is 63.5 Å². The fraction of sp³-hybridized carbons (Fsp3) is 0.765. The second kappa shape index (κ2) is 9.33. The highest BCUT2D eigenvalue weighted by molar-refractivity contribution is 7.99. The highest BCUT2D eigenvalue weighted by atomic mass is 32.2. The Kier molecular flexibility index (Phi) is 7.43. The minimum atomic E-state index is -0.646. The van der Waals surface area contributed by atoms with Gasteiger partial charge < -0.3 is 14.5 Å². The fourth-order valence-electron chi connectivity index (χ4n) is 2.66. The normalized spacial score (nSPS) is 17.0. The Morgan fingerprint density at radius 1 is 1.20 bits per heavy atom. The monoisotopic (exact) mass is 369 g/mol. The van der Waals surface area contributed by atoms with Gasteiger partial charge in [-0.25, -0.2) is 0 Å². The largest absolute Gasteiger partial charge is 0.408 e. The van der Waals surface area contributed by atoms with Crippen LogP contribution in [0.4, 0.5) is 0 Å². The molecule has 1 aliphatic heterocycles. The molecule has 1 aliphatic rings. The molecule has 1 unspecified atom stereocenters. The number of thioether (sulfide) groups is 1. The van der Waals surface area contributed by atoms with Gasteiger partial charge in [0.2, 0.25) is 11.7 Å². The summed E-state index contributed by atoms with van der Waals surface area (Å²) in [5.74, 6) is -0.320. The van der Waals surface area contributed by atoms with Crippen molar-refractivity contribution >= 4 is 23.5 Å². The van der Waals surface area contributed by atoms with E-state index in [1.54, 1.807) is 0 Å². The first kappa shape index (κ1) is 19.9. The van der Waals surface area contributed by atoms with E-state index in [9.17, 15) is 9.59 Å². The molecule has 1 aromatic rings. The van der Waals surface area contributed by atoms with E-state index in [1.165, 1.54) is 11.8 Å². The van der Waals surface area contributed by atoms with E-state index in [-0.39, 0.29) is 34.7 Å². The molecular formula is C17H27N3O4S. The van der Waals surface area contributed by atoms with Gasteiger partial charge in [0.15, 0.2) is 0 Å². The van der Waals surface area contributed by atoms with Gasteiger partial charge in [-0.3, -0.25) is 9.59 Å². The SMILES string of the molecule is CC(C)CC(NC(=O)C1CCOCC1)C(=O)c1nnc(SC(C)C)o1. The Labute approximate surface area is 152 Å². The number of hydrogen-bond acceptors (Lipinski definition) is 7. The molecule has 0 aromatic carbocycles. The van der Waals surface area contributed by atoms with Crippen molar-refractivity contribution in [3.05, 3.63) is 5.89 Å². The van der Waals surface area contributed by atoms with E-state index < -0.39 is 6.04 Å². The summed E-state index contributed by atoms with van der Waals surface area (Å²) in [6.45, 7) is 9.20. The summed E-state index contributed by atoms with van der Waals surface area (Å²) in [5, 5.41) is 11.3. The maximum atomic E-state index is 12.8. The van der Waals surface area contributed by atoms with Crippen LogP contribution in [0.1, 0.15) is 57.6 Å². The van der Waals surface area contributed by atoms with E-state index in [4.69, 9.17) is 9.15 Å². The number of ketones is 1. The first-order valence-electron chi connectivity index (χ1n) is 8.79. The number of nitrogens with zero attached hydrogens (tertiary/aromatic N) is 2. The molecule has 1 atom stereocenters. The minimum Gasteiger partial charge on any atom is -0.408 e. The molecule has 1 aromatic heterocycles. The highest BCUT2D eigenvalue weighted by Crippen LogP contribution is 2.22. The van der Waals surface area contributed by atoms with Gasteiger partial charge in [-0.15, -0.1) is 10.2 Å². The average Bonchev–Trinajstić information content (AvgIpc) is 3.01. The molecular weight excluding hydrogens is 342 g/mol. The lowest BCUT2D eigenvalue weighted by Gasteiger charge is -2.24. The number of hydrogen-bond donors (Lipinski definition) is 1. The summed E-state index contributed by atoms with van der Waals surface area (Å²) in [6, 6.07) is -0.646. The van der Waals surface area contributed by atoms with Crippen molar-refractivity contribution in [2.24, 2.45) is 11.8 Å². The lowest BCUT2D eigenvalue weighted by atomic mass is 9.96. The first-order valence-corrected chi connectivity index (χ1v) is 9.67. The third-order valence-corrected chi connectivity index (χ3v) is 4.72. The Balaban J connectivity index is 2.05. The predicted octanol–water partition coefficient (Wildman–Crippen LogP) is 2.71. The van der Waals surface area contributed by atoms with Gasteiger partial charge in [0.25, 0.3) is 11.1 Å². The molecule has 7 nitrogen and oxygen atoms in total. The molecule has 0 spiro atoms. The van der Waals surface area contributed by atoms with Crippen molar-refractivity contribution in [3.8, 4) is 0 Å². The van der Waals surface area contributed by atoms with E-state index in [0.717, 1.165) is 0 Å². The molecule has 1 fully saturated rings. The molecule has 140 valence electrons. The third-order valence-electron chi connectivity index (χ3n) is 3.89. The fourth-order valence-corrected chi connectivity index (χ4v) is 3.28. The number of aromatic nitrogens is 2. The Morgan fingerprint density at radius 2 is 1.88 bits per heavy atom. The molecule has 1 N–H and O–H groups in total. The van der Waals surface area contributed by atoms with Crippen LogP contribution in [0.3, 0.4) is 0 Å². The predicted molar refractivity (Wildman–Crippen MR) is 94.6 cm³/mol. The zero-order chi connectivity index (χ0) is 18.4. The number of carbonyl (C=O) groups is 2. The highest BCUT2D eigenvalue weighted by Gasteiger charge is 2.30. The average molecular weight is 369 g/mol. The minimum absolute atomic E-state index is 0.0407. The van der Waals surface area contributed by atoms with Crippen LogP contribution in [0.2, 0.25) is 0 Å². The Bertz CT molecular complexity index is 582. The molecule has 1 amide bonds. The molecule has 0 aliphatic carbocycles. The van der Waals surface area contributed by atoms with Crippen molar-refractivity contribution in [1.82, 2.24) is 15.5 Å². The van der Waals surface area contributed by atoms with Gasteiger partial charge >= 0.3 is 0 Å². The maximum Gasteiger partial charge on any atom is 0.286 e. The summed E-state index contributed by atoms with van der Waals surface area (Å²) in [5.41, 5.74) is 0. The number of rotatable bonds is 8. The quantitative estimate of drug-likeness (QED) is 0.556. The zero-order valence-corrected chi connectivity index (χ0v) is 16.1. The maximum absolute atomic E-state index is 12.8. The summed E-state index contributed by atoms with van der Waals surface area (Å²) >= 11 is 1.41. The summed E-state index contributed by atoms with van der Waals surface area (Å²) in [7, 11) is 0. The summed E-state index contributed by atoms with van der Waals surface area (Å²) < 4.78 is 10.8. The smallest absolute Gasteiger partial charge is 0.286 e. The third kappa shape index (κ3) is 6.11. The van der Waals surface area contributed by atoms with Gasteiger partial charge in [0.1, 0.15) is 0 Å². The van der Waals surface area contributed by atoms with Gasteiger partial charge in [-0.1, -0.05) is 39.5 Å². The van der Waals surface area contributed by atoms with E-state index >= 15 is 0 Å². The van der Waals surface area contributed by atoms with Gasteiger partial charge in [-0.2, -0.15) is 0 Å². The molecule has 1 saturated heterocycles. The van der Waals surface area contributed by atoms with Crippen LogP contribution < -0.4 is 5.32 Å². The molecule has 0 saturated carbocycles. The number of ether oxygens (including phenoxy) is 1. The Morgan fingerprint density at radius 3 is 2.48 bits per heavy atom. The summed E-state index contributed by atoms with van der Waals surface area (Å²) in [6.07, 6.45) is 1.90. The molecule has 8 heteroatoms. The molecule has 2 heterocycles. The van der Waals surface area contributed by atoms with Crippen molar-refractivity contribution in [1.29, 1.82) is 0 Å². The summed E-state index contributed by atoms with van der Waals surface area (Å²) in [4.78, 5) is 25.2. The number of Topliss-reactive ketones (excluding diaryl/α,β-unsaturated/α-hetero) is 1. The second-order valence-corrected chi connectivity index (χ2v) is 8.51. The van der Waals surface area contributed by atoms with Gasteiger partial charge in [-0.05, 0) is 25.2 Å². The molecule has 25 heavy (non-hydrogen) atoms. The van der Waals surface area contributed by atoms with Crippen LogP contribution in [-0.4, -0.2) is 46.4 Å². The number of nitrogens with one attached hydrogen (secondary N) is 1. The molecule has 0 bridgehead atoms. The van der Waals surface area contributed by atoms with E-state index in [2.05, 4.69) is 15.5 Å². The van der Waals surface area contributed by atoms with Crippen molar-refractivity contribution in [3.63, 3.8) is 0 Å². The topological polar surface area (TPSA) is 94.3 Å². The number of carbonyl (C=O) groups excluding carboxylic acids is 2. The van der Waals surface area contributed by atoms with Crippen molar-refractivity contribution in [2.75, 3.05) is 13.2 Å². The van der Waals surface area contributed by atoms with Crippen LogP contribution in [0.5, 0.6) is 0 Å². The van der Waals surface area contributed by atoms with E-state index in [1.807, 2.05) is 27.7 Å². The Hall–Kier alpha value is -1.41. The molecule has 0 radical (unpaired) electrons. The van der Waals surface area contributed by atoms with Gasteiger partial charge in [0, 0.05) is 24.4 Å². The second-order valence-electron chi connectivity index (χ2n) is 6.98. The van der Waals surface area contributed by atoms with Crippen LogP contribution in [0.15, 0.2) is 9.64 Å². The van der Waals surface area contributed by atoms with E-state index in [0.29, 0.717) is 37.7 Å². The standard InChI is InChI=1S/C17H27N3O4S/c1-10(2)9-13(18-15(22)12-5-7-23-8-6-12)14(21)16-19-20-17(24-16)25-11(3)4/h10-13H,5-9H2,1-4H3,(H,18,22). The lowest BCUT2D eigenvalue weighted by molar-refractivity contribution is -0.128. The van der Waals surface area contributed by atoms with Gasteiger partial charge in [0.05, 0.1) is 6.04 Å². The van der Waals surface area contributed by atoms with Crippen LogP contribution >= 0.6 is 11.8 Å². The zero-order valence-electron chi connectivity index (χ0n) is 15.3. The van der Waals surface area contributed by atoms with Crippen LogP contribution in [-0.2, 0) is 9.53 Å². The first-order chi connectivity index (χ1) is 11.9. The number of amides is 1. The molecule has 2 rings (SSSR count). The van der Waals surface area contributed by atoms with Crippen LogP contribution in [0, 0.1) is 11.8 Å². The van der Waals surface area contributed by atoms with Crippen molar-refractivity contribution < 1.29 is 18.7 Å². The lowest BCUT2D eigenvalue weighted by Crippen LogP contribution is -2.45. The van der Waals surface area contributed by atoms with Crippen LogP contribution in [0.25, 0.3) is 0 Å².